The van der Waals surface area contributed by atoms with Gasteiger partial charge in [-0.2, -0.15) is 0 Å². The van der Waals surface area contributed by atoms with Gasteiger partial charge in [-0.25, -0.2) is 0 Å². The van der Waals surface area contributed by atoms with Crippen LogP contribution in [0.1, 0.15) is 38.1 Å². The van der Waals surface area contributed by atoms with E-state index in [1.165, 1.54) is 31.0 Å². The Bertz CT molecular complexity index is 949. The maximum absolute atomic E-state index is 12.5. The van der Waals surface area contributed by atoms with E-state index in [1.807, 2.05) is 36.4 Å². The van der Waals surface area contributed by atoms with Gasteiger partial charge in [-0.3, -0.25) is 9.36 Å². The van der Waals surface area contributed by atoms with Crippen LogP contribution in [0.3, 0.4) is 0 Å². The normalized spacial score (nSPS) is 14.7. The van der Waals surface area contributed by atoms with Gasteiger partial charge in [0.05, 0.1) is 24.8 Å². The number of benzene rings is 1. The summed E-state index contributed by atoms with van der Waals surface area (Å²) >= 11 is 1.39. The fourth-order valence-electron chi connectivity index (χ4n) is 3.68. The summed E-state index contributed by atoms with van der Waals surface area (Å²) in [6.07, 6.45) is 7.47. The van der Waals surface area contributed by atoms with Gasteiger partial charge in [-0.1, -0.05) is 43.2 Å². The molecule has 1 aromatic carbocycles. The Kier molecular flexibility index (Phi) is 6.19. The summed E-state index contributed by atoms with van der Waals surface area (Å²) in [4.78, 5) is 12.5. The van der Waals surface area contributed by atoms with Gasteiger partial charge in [0.1, 0.15) is 5.75 Å². The molecule has 0 aliphatic heterocycles. The summed E-state index contributed by atoms with van der Waals surface area (Å²) in [6.45, 7) is 0. The smallest absolute Gasteiger partial charge is 0.234 e. The first-order valence-corrected chi connectivity index (χ1v) is 10.8. The first kappa shape index (κ1) is 19.6. The predicted octanol–water partition coefficient (Wildman–Crippen LogP) is 4.78. The number of para-hydroxylation sites is 2. The molecule has 3 aromatic rings. The lowest BCUT2D eigenvalue weighted by Gasteiger charge is -2.25. The van der Waals surface area contributed by atoms with Crippen LogP contribution in [0.4, 0.5) is 5.69 Å². The maximum atomic E-state index is 12.5. The zero-order valence-corrected chi connectivity index (χ0v) is 17.2. The van der Waals surface area contributed by atoms with Crippen LogP contribution in [-0.4, -0.2) is 33.5 Å². The molecule has 152 valence electrons. The summed E-state index contributed by atoms with van der Waals surface area (Å²) in [7, 11) is 1.59. The van der Waals surface area contributed by atoms with E-state index in [1.54, 1.807) is 13.4 Å². The molecule has 0 spiro atoms. The van der Waals surface area contributed by atoms with Crippen LogP contribution >= 0.6 is 11.8 Å². The van der Waals surface area contributed by atoms with Gasteiger partial charge in [0.25, 0.3) is 0 Å². The quantitative estimate of drug-likeness (QED) is 0.562. The summed E-state index contributed by atoms with van der Waals surface area (Å²) in [5.41, 5.74) is 0.658. The van der Waals surface area contributed by atoms with E-state index in [9.17, 15) is 4.79 Å². The average Bonchev–Trinajstić information content (AvgIpc) is 3.43. The number of nitrogens with one attached hydrogen (secondary N) is 1. The lowest BCUT2D eigenvalue weighted by atomic mass is 9.95. The van der Waals surface area contributed by atoms with E-state index < -0.39 is 0 Å². The lowest BCUT2D eigenvalue weighted by Crippen LogP contribution is -2.17. The Labute approximate surface area is 173 Å². The van der Waals surface area contributed by atoms with Crippen LogP contribution in [0.5, 0.6) is 5.75 Å². The highest BCUT2D eigenvalue weighted by Crippen LogP contribution is 2.35. The maximum Gasteiger partial charge on any atom is 0.234 e. The Morgan fingerprint density at radius 1 is 1.21 bits per heavy atom. The molecule has 0 radical (unpaired) electrons. The third-order valence-corrected chi connectivity index (χ3v) is 6.00. The predicted molar refractivity (Wildman–Crippen MR) is 112 cm³/mol. The zero-order valence-electron chi connectivity index (χ0n) is 16.3. The summed E-state index contributed by atoms with van der Waals surface area (Å²) in [5.74, 6) is 2.19. The molecule has 7 nitrogen and oxygen atoms in total. The van der Waals surface area contributed by atoms with Gasteiger partial charge in [-0.15, -0.1) is 10.2 Å². The van der Waals surface area contributed by atoms with Crippen LogP contribution in [-0.2, 0) is 4.79 Å². The van der Waals surface area contributed by atoms with Crippen molar-refractivity contribution in [1.82, 2.24) is 14.8 Å². The fourth-order valence-corrected chi connectivity index (χ4v) is 4.49. The van der Waals surface area contributed by atoms with Gasteiger partial charge >= 0.3 is 0 Å². The van der Waals surface area contributed by atoms with E-state index in [-0.39, 0.29) is 11.7 Å². The number of carbonyl (C=O) groups is 1. The van der Waals surface area contributed by atoms with Crippen molar-refractivity contribution < 1.29 is 13.9 Å². The number of furan rings is 1. The Morgan fingerprint density at radius 3 is 2.79 bits per heavy atom. The molecule has 29 heavy (non-hydrogen) atoms. The highest BCUT2D eigenvalue weighted by Gasteiger charge is 2.25. The molecule has 0 atom stereocenters. The average molecular weight is 413 g/mol. The first-order chi connectivity index (χ1) is 14.3. The van der Waals surface area contributed by atoms with Crippen molar-refractivity contribution in [2.75, 3.05) is 18.2 Å². The van der Waals surface area contributed by atoms with Gasteiger partial charge in [0, 0.05) is 6.04 Å². The van der Waals surface area contributed by atoms with Crippen LogP contribution in [0, 0.1) is 0 Å². The molecule has 0 saturated heterocycles. The largest absolute Gasteiger partial charge is 0.495 e. The highest BCUT2D eigenvalue weighted by molar-refractivity contribution is 7.99. The van der Waals surface area contributed by atoms with Crippen LogP contribution in [0.25, 0.3) is 11.6 Å². The molecule has 8 heteroatoms. The van der Waals surface area contributed by atoms with Crippen molar-refractivity contribution in [2.24, 2.45) is 0 Å². The molecule has 4 rings (SSSR count). The molecule has 1 amide bonds. The molecule has 2 heterocycles. The van der Waals surface area contributed by atoms with E-state index in [0.29, 0.717) is 23.2 Å². The number of hydrogen-bond donors (Lipinski definition) is 1. The van der Waals surface area contributed by atoms with Crippen LogP contribution in [0.15, 0.2) is 52.2 Å². The van der Waals surface area contributed by atoms with Crippen molar-refractivity contribution in [3.8, 4) is 17.3 Å². The number of hydrogen-bond acceptors (Lipinski definition) is 6. The number of ether oxygens (including phenoxy) is 1. The Hall–Kier alpha value is -2.74. The number of aromatic nitrogens is 3. The minimum Gasteiger partial charge on any atom is -0.495 e. The molecule has 0 bridgehead atoms. The lowest BCUT2D eigenvalue weighted by molar-refractivity contribution is -0.113. The zero-order chi connectivity index (χ0) is 20.1. The summed E-state index contributed by atoms with van der Waals surface area (Å²) < 4.78 is 13.0. The van der Waals surface area contributed by atoms with E-state index >= 15 is 0 Å². The van der Waals surface area contributed by atoms with Crippen LogP contribution < -0.4 is 10.1 Å². The number of methoxy groups -OCH3 is 1. The number of anilines is 1. The van der Waals surface area contributed by atoms with Gasteiger partial charge in [0.15, 0.2) is 10.9 Å². The molecule has 1 N–H and O–H groups in total. The van der Waals surface area contributed by atoms with Crippen molar-refractivity contribution in [1.29, 1.82) is 0 Å². The van der Waals surface area contributed by atoms with E-state index in [0.717, 1.165) is 23.8 Å². The molecule has 1 fully saturated rings. The monoisotopic (exact) mass is 412 g/mol. The van der Waals surface area contributed by atoms with Crippen molar-refractivity contribution in [3.05, 3.63) is 42.7 Å². The Balaban J connectivity index is 1.50. The number of nitrogens with zero attached hydrogens (tertiary/aromatic N) is 3. The van der Waals surface area contributed by atoms with E-state index in [2.05, 4.69) is 20.1 Å². The molecule has 1 aliphatic rings. The number of thioether (sulfide) groups is 1. The number of rotatable bonds is 7. The molecule has 1 saturated carbocycles. The second-order valence-electron chi connectivity index (χ2n) is 6.98. The van der Waals surface area contributed by atoms with Gasteiger partial charge < -0.3 is 14.5 Å². The van der Waals surface area contributed by atoms with Crippen molar-refractivity contribution in [2.45, 2.75) is 43.3 Å². The number of amides is 1. The number of carbonyl (C=O) groups excluding carboxylic acids is 1. The van der Waals surface area contributed by atoms with Crippen LogP contribution in [0.2, 0.25) is 0 Å². The second kappa shape index (κ2) is 9.17. The molecule has 0 unspecified atom stereocenters. The molecule has 1 aliphatic carbocycles. The highest BCUT2D eigenvalue weighted by atomic mass is 32.2. The summed E-state index contributed by atoms with van der Waals surface area (Å²) in [6, 6.07) is 11.4. The third-order valence-electron chi connectivity index (χ3n) is 5.06. The van der Waals surface area contributed by atoms with Gasteiger partial charge in [0.2, 0.25) is 11.7 Å². The van der Waals surface area contributed by atoms with Crippen molar-refractivity contribution >= 4 is 23.4 Å². The SMILES string of the molecule is COc1ccccc1NC(=O)CSc1nnc(-c2ccco2)n1C1CCCCC1. The second-order valence-corrected chi connectivity index (χ2v) is 7.92. The topological polar surface area (TPSA) is 82.2 Å². The Morgan fingerprint density at radius 2 is 2.03 bits per heavy atom. The molecule has 2 aromatic heterocycles. The standard InChI is InChI=1S/C21H24N4O3S/c1-27-17-11-6-5-10-16(17)22-19(26)14-29-21-24-23-20(18-12-7-13-28-18)25(21)15-8-3-2-4-9-15/h5-7,10-13,15H,2-4,8-9,14H2,1H3,(H,22,26). The fraction of sp³-hybridized carbons (Fsp3) is 0.381. The van der Waals surface area contributed by atoms with Gasteiger partial charge in [-0.05, 0) is 37.1 Å². The first-order valence-electron chi connectivity index (χ1n) is 9.80. The minimum absolute atomic E-state index is 0.114. The third kappa shape index (κ3) is 4.48. The molecular formula is C21H24N4O3S. The summed E-state index contributed by atoms with van der Waals surface area (Å²) in [5, 5.41) is 12.4. The molecular weight excluding hydrogens is 388 g/mol. The minimum atomic E-state index is -0.114. The van der Waals surface area contributed by atoms with Crippen molar-refractivity contribution in [3.63, 3.8) is 0 Å². The van der Waals surface area contributed by atoms with E-state index in [4.69, 9.17) is 9.15 Å².